The van der Waals surface area contributed by atoms with E-state index in [1.54, 1.807) is 13.8 Å². The van der Waals surface area contributed by atoms with Gasteiger partial charge in [0, 0.05) is 18.0 Å². The number of ether oxygens (including phenoxy) is 1. The van der Waals surface area contributed by atoms with Gasteiger partial charge in [-0.3, -0.25) is 4.79 Å². The largest absolute Gasteiger partial charge is 0.465 e. The Bertz CT molecular complexity index is 808. The zero-order valence-electron chi connectivity index (χ0n) is 17.2. The van der Waals surface area contributed by atoms with Gasteiger partial charge in [0.15, 0.2) is 8.32 Å². The van der Waals surface area contributed by atoms with Crippen LogP contribution < -0.4 is 0 Å². The van der Waals surface area contributed by atoms with Crippen LogP contribution in [0.25, 0.3) is 0 Å². The predicted molar refractivity (Wildman–Crippen MR) is 107 cm³/mol. The Balaban J connectivity index is 3.39. The zero-order valence-corrected chi connectivity index (χ0v) is 19.8. The first-order valence-electron chi connectivity index (χ1n) is 8.60. The molecule has 10 heteroatoms. The molecule has 1 heterocycles. The molecule has 0 spiro atoms. The van der Waals surface area contributed by atoms with Crippen molar-refractivity contribution in [3.05, 3.63) is 16.9 Å². The smallest absolute Gasteiger partial charge is 0.318 e. The molecule has 0 saturated carbocycles. The monoisotopic (exact) mass is 436 g/mol. The molecule has 0 amide bonds. The van der Waals surface area contributed by atoms with Crippen molar-refractivity contribution in [1.29, 1.82) is 0 Å². The SMILES string of the molecule is CCOC(=O)C(C)(CO[Si](C)(C)C(C)(C)C)c1cnc(S(C)(=O)=O)nc1Cl. The number of rotatable bonds is 7. The van der Waals surface area contributed by atoms with Crippen LogP contribution in [-0.4, -0.2) is 52.1 Å². The first-order chi connectivity index (χ1) is 12.1. The number of esters is 1. The lowest BCUT2D eigenvalue weighted by atomic mass is 9.85. The van der Waals surface area contributed by atoms with Gasteiger partial charge in [0.1, 0.15) is 10.6 Å². The van der Waals surface area contributed by atoms with E-state index in [9.17, 15) is 13.2 Å². The first-order valence-corrected chi connectivity index (χ1v) is 13.8. The van der Waals surface area contributed by atoms with E-state index >= 15 is 0 Å². The molecule has 1 atom stereocenters. The molecule has 0 aliphatic heterocycles. The minimum Gasteiger partial charge on any atom is -0.465 e. The van der Waals surface area contributed by atoms with Crippen molar-refractivity contribution in [2.45, 2.75) is 63.3 Å². The van der Waals surface area contributed by atoms with Gasteiger partial charge in [-0.2, -0.15) is 0 Å². The Labute approximate surface area is 167 Å². The minimum absolute atomic E-state index is 0.0314. The van der Waals surface area contributed by atoms with Crippen LogP contribution >= 0.6 is 11.6 Å². The average Bonchev–Trinajstić information content (AvgIpc) is 2.50. The van der Waals surface area contributed by atoms with Crippen molar-refractivity contribution in [1.82, 2.24) is 9.97 Å². The van der Waals surface area contributed by atoms with Gasteiger partial charge in [0.2, 0.25) is 15.0 Å². The Morgan fingerprint density at radius 3 is 2.22 bits per heavy atom. The number of hydrogen-bond donors (Lipinski definition) is 0. The van der Waals surface area contributed by atoms with E-state index in [1.807, 2.05) is 0 Å². The van der Waals surface area contributed by atoms with Gasteiger partial charge >= 0.3 is 5.97 Å². The fourth-order valence-electron chi connectivity index (χ4n) is 1.97. The molecule has 154 valence electrons. The summed E-state index contributed by atoms with van der Waals surface area (Å²) in [6.45, 7) is 14.0. The van der Waals surface area contributed by atoms with Crippen molar-refractivity contribution < 1.29 is 22.4 Å². The molecular formula is C17H29ClN2O5SSi. The molecule has 0 aliphatic rings. The van der Waals surface area contributed by atoms with E-state index < -0.39 is 34.7 Å². The molecule has 0 aromatic carbocycles. The van der Waals surface area contributed by atoms with Crippen molar-refractivity contribution in [3.63, 3.8) is 0 Å². The normalized spacial score (nSPS) is 15.3. The average molecular weight is 437 g/mol. The fourth-order valence-corrected chi connectivity index (χ4v) is 3.94. The summed E-state index contributed by atoms with van der Waals surface area (Å²) in [6.07, 6.45) is 2.25. The topological polar surface area (TPSA) is 95.5 Å². The van der Waals surface area contributed by atoms with Gasteiger partial charge < -0.3 is 9.16 Å². The third-order valence-electron chi connectivity index (χ3n) is 4.90. The maximum absolute atomic E-state index is 12.7. The van der Waals surface area contributed by atoms with Crippen molar-refractivity contribution in [2.75, 3.05) is 19.5 Å². The maximum atomic E-state index is 12.7. The van der Waals surface area contributed by atoms with Gasteiger partial charge in [-0.05, 0) is 32.0 Å². The van der Waals surface area contributed by atoms with Crippen LogP contribution in [0, 0.1) is 0 Å². The number of carbonyl (C=O) groups is 1. The highest BCUT2D eigenvalue weighted by molar-refractivity contribution is 7.90. The van der Waals surface area contributed by atoms with Crippen LogP contribution in [0.4, 0.5) is 0 Å². The van der Waals surface area contributed by atoms with Gasteiger partial charge in [0.25, 0.3) is 0 Å². The molecule has 7 nitrogen and oxygen atoms in total. The van der Waals surface area contributed by atoms with E-state index in [0.717, 1.165) is 6.26 Å². The second-order valence-electron chi connectivity index (χ2n) is 8.23. The third-order valence-corrected chi connectivity index (χ3v) is 10.5. The minimum atomic E-state index is -3.62. The van der Waals surface area contributed by atoms with Crippen LogP contribution in [0.5, 0.6) is 0 Å². The molecule has 0 saturated heterocycles. The first kappa shape index (κ1) is 24.0. The van der Waals surface area contributed by atoms with E-state index in [2.05, 4.69) is 43.8 Å². The molecule has 0 bridgehead atoms. The summed E-state index contributed by atoms with van der Waals surface area (Å²) in [5.74, 6) is -0.527. The van der Waals surface area contributed by atoms with E-state index in [0.29, 0.717) is 0 Å². The molecule has 1 unspecified atom stereocenters. The number of nitrogens with zero attached hydrogens (tertiary/aromatic N) is 2. The van der Waals surface area contributed by atoms with Crippen LogP contribution in [0.1, 0.15) is 40.2 Å². The summed E-state index contributed by atoms with van der Waals surface area (Å²) in [6, 6.07) is 0. The zero-order chi connectivity index (χ0) is 21.3. The van der Waals surface area contributed by atoms with Crippen molar-refractivity contribution in [3.8, 4) is 0 Å². The molecule has 27 heavy (non-hydrogen) atoms. The second-order valence-corrected chi connectivity index (χ2v) is 15.3. The number of hydrogen-bond acceptors (Lipinski definition) is 7. The van der Waals surface area contributed by atoms with E-state index in [-0.39, 0.29) is 29.0 Å². The quantitative estimate of drug-likeness (QED) is 0.280. The Morgan fingerprint density at radius 2 is 1.81 bits per heavy atom. The van der Waals surface area contributed by atoms with E-state index in [1.165, 1.54) is 6.20 Å². The van der Waals surface area contributed by atoms with E-state index in [4.69, 9.17) is 20.8 Å². The highest BCUT2D eigenvalue weighted by Crippen LogP contribution is 2.39. The Kier molecular flexibility index (Phi) is 7.24. The lowest BCUT2D eigenvalue weighted by molar-refractivity contribution is -0.150. The molecule has 1 aromatic rings. The van der Waals surface area contributed by atoms with Crippen molar-refractivity contribution >= 4 is 35.7 Å². The number of carbonyl (C=O) groups excluding carboxylic acids is 1. The van der Waals surface area contributed by atoms with Crippen LogP contribution in [0.3, 0.4) is 0 Å². The third kappa shape index (κ3) is 5.49. The lowest BCUT2D eigenvalue weighted by Gasteiger charge is -2.39. The Morgan fingerprint density at radius 1 is 1.26 bits per heavy atom. The van der Waals surface area contributed by atoms with Gasteiger partial charge in [-0.25, -0.2) is 18.4 Å². The number of sulfone groups is 1. The summed E-state index contributed by atoms with van der Waals surface area (Å²) < 4.78 is 34.8. The summed E-state index contributed by atoms with van der Waals surface area (Å²) in [5.41, 5.74) is -0.993. The highest BCUT2D eigenvalue weighted by atomic mass is 35.5. The maximum Gasteiger partial charge on any atom is 0.318 e. The van der Waals surface area contributed by atoms with Gasteiger partial charge in [-0.1, -0.05) is 32.4 Å². The summed E-state index contributed by atoms with van der Waals surface area (Å²) in [4.78, 5) is 20.5. The predicted octanol–water partition coefficient (Wildman–Crippen LogP) is 3.38. The van der Waals surface area contributed by atoms with Crippen molar-refractivity contribution in [2.24, 2.45) is 0 Å². The summed E-state index contributed by atoms with van der Waals surface area (Å²) in [5, 5.41) is -0.559. The number of halogens is 1. The van der Waals surface area contributed by atoms with Gasteiger partial charge in [0.05, 0.1) is 13.2 Å². The fraction of sp³-hybridized carbons (Fsp3) is 0.706. The molecule has 0 aliphatic carbocycles. The molecular weight excluding hydrogens is 408 g/mol. The Hall–Kier alpha value is -1.03. The number of aromatic nitrogens is 2. The second kappa shape index (κ2) is 8.14. The lowest BCUT2D eigenvalue weighted by Crippen LogP contribution is -2.47. The highest BCUT2D eigenvalue weighted by Gasteiger charge is 2.44. The standard InChI is InChI=1S/C17H29ClN2O5SSi/c1-9-24-14(21)17(5,11-25-27(7,8)16(2,3)4)12-10-19-15(20-13(12)18)26(6,22)23/h10H,9,11H2,1-8H3. The van der Waals surface area contributed by atoms with Crippen LogP contribution in [0.2, 0.25) is 23.3 Å². The van der Waals surface area contributed by atoms with Crippen LogP contribution in [-0.2, 0) is 29.2 Å². The molecule has 0 fully saturated rings. The van der Waals surface area contributed by atoms with Gasteiger partial charge in [-0.15, -0.1) is 0 Å². The summed E-state index contributed by atoms with van der Waals surface area (Å²) >= 11 is 6.24. The van der Waals surface area contributed by atoms with Crippen LogP contribution in [0.15, 0.2) is 11.4 Å². The molecule has 1 rings (SSSR count). The molecule has 1 aromatic heterocycles. The summed E-state index contributed by atoms with van der Waals surface area (Å²) in [7, 11) is -5.78. The molecule has 0 radical (unpaired) electrons. The molecule has 0 N–H and O–H groups in total.